The van der Waals surface area contributed by atoms with Gasteiger partial charge >= 0.3 is 12.1 Å². The van der Waals surface area contributed by atoms with Crippen LogP contribution >= 0.6 is 56.7 Å². The molecule has 368 valence electrons. The Hall–Kier alpha value is -6.16. The average molecular weight is 1050 g/mol. The minimum Gasteiger partial charge on any atom is -0.508 e. The lowest BCUT2D eigenvalue weighted by atomic mass is 9.77. The molecule has 71 heavy (non-hydrogen) atoms. The predicted octanol–water partition coefficient (Wildman–Crippen LogP) is 10.2. The lowest BCUT2D eigenvalue weighted by Crippen LogP contribution is -2.47. The Morgan fingerprint density at radius 3 is 2.37 bits per heavy atom. The van der Waals surface area contributed by atoms with Gasteiger partial charge in [0.25, 0.3) is 0 Å². The van der Waals surface area contributed by atoms with Crippen LogP contribution in [0.1, 0.15) is 66.5 Å². The van der Waals surface area contributed by atoms with Gasteiger partial charge in [0.1, 0.15) is 53.7 Å². The molecule has 1 spiro atoms. The highest BCUT2D eigenvalue weighted by atomic mass is 35.5. The lowest BCUT2D eigenvalue weighted by molar-refractivity contribution is 0.0223. The second-order valence-corrected chi connectivity index (χ2v) is 21.4. The van der Waals surface area contributed by atoms with Crippen LogP contribution in [0, 0.1) is 13.8 Å². The number of thiocarbonyl (C=S) groups is 1. The number of benzene rings is 4. The number of phenols is 2. The topological polar surface area (TPSA) is 198 Å². The summed E-state index contributed by atoms with van der Waals surface area (Å²) in [7, 11) is 3.27. The van der Waals surface area contributed by atoms with Gasteiger partial charge in [-0.2, -0.15) is 0 Å². The smallest absolute Gasteiger partial charge is 0.508 e. The number of fused-ring (bicyclic) bond motifs is 6. The first-order valence-electron chi connectivity index (χ1n) is 22.7. The van der Waals surface area contributed by atoms with Crippen molar-refractivity contribution in [3.8, 4) is 23.0 Å². The van der Waals surface area contributed by atoms with E-state index in [0.29, 0.717) is 89.8 Å². The van der Waals surface area contributed by atoms with E-state index >= 15 is 0 Å². The Morgan fingerprint density at radius 2 is 1.62 bits per heavy atom. The van der Waals surface area contributed by atoms with Gasteiger partial charge in [-0.25, -0.2) is 24.5 Å². The molecule has 4 aromatic carbocycles. The number of phenolic OH excluding ortho intramolecular Hbond substituents is 2. The number of esters is 1. The third kappa shape index (κ3) is 11.5. The Morgan fingerprint density at radius 1 is 0.901 bits per heavy atom. The van der Waals surface area contributed by atoms with Crippen molar-refractivity contribution in [3.05, 3.63) is 134 Å². The van der Waals surface area contributed by atoms with Crippen molar-refractivity contribution < 1.29 is 43.5 Å². The van der Waals surface area contributed by atoms with E-state index in [-0.39, 0.29) is 36.9 Å². The van der Waals surface area contributed by atoms with E-state index in [1.807, 2.05) is 44.2 Å². The minimum absolute atomic E-state index is 0.0117. The second-order valence-electron chi connectivity index (χ2n) is 16.8. The molecule has 0 aliphatic carbocycles. The molecule has 0 unspecified atom stereocenters. The number of ketones is 1. The van der Waals surface area contributed by atoms with Gasteiger partial charge in [0, 0.05) is 96.2 Å². The largest absolute Gasteiger partial charge is 0.508 e. The molecule has 9 rings (SSSR count). The summed E-state index contributed by atoms with van der Waals surface area (Å²) in [5.41, 5.74) is 3.20. The number of aromatic hydroxyl groups is 2. The van der Waals surface area contributed by atoms with Gasteiger partial charge in [-0.1, -0.05) is 74.9 Å². The van der Waals surface area contributed by atoms with Gasteiger partial charge in [-0.15, -0.1) is 0 Å². The molecule has 0 atom stereocenters. The number of aryl methyl sites for hydroxylation is 2. The first-order chi connectivity index (χ1) is 34.3. The summed E-state index contributed by atoms with van der Waals surface area (Å²) < 4.78 is 22.8. The number of nitrogens with one attached hydrogen (secondary N) is 2. The van der Waals surface area contributed by atoms with Crippen LogP contribution in [0.3, 0.4) is 0 Å². The fourth-order valence-corrected chi connectivity index (χ4v) is 11.8. The molecule has 3 aliphatic rings. The number of hydrogen-bond acceptors (Lipinski definition) is 19. The number of thiazole rings is 1. The molecule has 2 aromatic heterocycles. The van der Waals surface area contributed by atoms with Gasteiger partial charge in [0.05, 0.1) is 21.6 Å². The molecule has 4 N–H and O–H groups in total. The van der Waals surface area contributed by atoms with Crippen molar-refractivity contribution in [1.82, 2.24) is 19.9 Å². The van der Waals surface area contributed by atoms with Crippen LogP contribution in [0.2, 0.25) is 5.02 Å². The zero-order valence-electron chi connectivity index (χ0n) is 38.6. The van der Waals surface area contributed by atoms with Crippen LogP contribution in [-0.2, 0) is 26.2 Å². The van der Waals surface area contributed by atoms with Gasteiger partial charge in [-0.3, -0.25) is 9.69 Å². The van der Waals surface area contributed by atoms with Crippen LogP contribution in [0.15, 0.2) is 85.1 Å². The minimum atomic E-state index is -1.33. The van der Waals surface area contributed by atoms with E-state index in [2.05, 4.69) is 35.4 Å². The van der Waals surface area contributed by atoms with E-state index in [0.717, 1.165) is 55.3 Å². The highest BCUT2D eigenvalue weighted by Crippen LogP contribution is 2.57. The number of carbonyl (C=O) groups is 3. The molecule has 0 radical (unpaired) electrons. The fourth-order valence-electron chi connectivity index (χ4n) is 8.56. The number of piperazine rings is 1. The Kier molecular flexibility index (Phi) is 15.5. The van der Waals surface area contributed by atoms with Gasteiger partial charge in [0.15, 0.2) is 16.5 Å². The first kappa shape index (κ1) is 49.8. The number of Topliss-reactive ketones (excluding diaryl/α,β-unsaturated/α-hetero) is 1. The maximum Gasteiger partial charge on any atom is 0.508 e. The van der Waals surface area contributed by atoms with Crippen molar-refractivity contribution in [2.45, 2.75) is 38.7 Å². The van der Waals surface area contributed by atoms with Crippen LogP contribution < -0.4 is 20.3 Å². The van der Waals surface area contributed by atoms with Gasteiger partial charge in [-0.05, 0) is 80.3 Å². The van der Waals surface area contributed by atoms with Crippen LogP contribution in [-0.4, -0.2) is 110 Å². The quantitative estimate of drug-likeness (QED) is 0.0208. The third-order valence-corrected chi connectivity index (χ3v) is 16.1. The first-order valence-corrected chi connectivity index (χ1v) is 26.8. The van der Waals surface area contributed by atoms with Crippen molar-refractivity contribution >= 4 is 102 Å². The zero-order chi connectivity index (χ0) is 49.6. The monoisotopic (exact) mass is 1050 g/mol. The highest BCUT2D eigenvalue weighted by Gasteiger charge is 2.53. The van der Waals surface area contributed by atoms with E-state index in [1.165, 1.54) is 35.6 Å². The number of aromatic nitrogens is 3. The maximum absolute atomic E-state index is 13.5. The molecule has 16 nitrogen and oxygen atoms in total. The van der Waals surface area contributed by atoms with Crippen LogP contribution in [0.5, 0.6) is 23.0 Å². The van der Waals surface area contributed by atoms with Crippen LogP contribution in [0.4, 0.5) is 27.2 Å². The Balaban J connectivity index is 0.640. The van der Waals surface area contributed by atoms with Crippen molar-refractivity contribution in [2.24, 2.45) is 0 Å². The average Bonchev–Trinajstić information content (AvgIpc) is 3.92. The molecule has 0 amide bonds. The highest BCUT2D eigenvalue weighted by molar-refractivity contribution is 8.76. The standard InChI is InChI=1S/C50H48ClN7O9S4/c1-29-5-3-6-39(51)34(29)26-40(61)43-28-52-48(71-43)56-44-27-45(54-30(2)53-44)58-16-14-57(15-17-58)18-19-64-49(63)65-20-22-70-69-21-4-7-46(68)55-31-8-11-36-35(23-31)47(62)67-50(36)37-12-9-32(59)24-41(37)66-42-25-33(60)10-13-38(42)50/h3,5-6,8-13,23-25,27-28,59-60H,4,7,14-22,26H2,1-2H3,(H,55,68)(H,52,53,54,56). The summed E-state index contributed by atoms with van der Waals surface area (Å²) in [6.45, 7) is 7.79. The number of carbonyl (C=O) groups excluding carboxylic acids is 3. The van der Waals surface area contributed by atoms with Gasteiger partial charge in [0.2, 0.25) is 0 Å². The SMILES string of the molecule is Cc1nc(Nc2ncc(C(=O)Cc3c(C)cccc3Cl)s2)cc(N2CCN(CCOC(=O)OCCSSCCCC(=S)Nc3ccc4c(c3)C(=O)OC43c4ccc(O)cc4Oc4cc(O)ccc43)CC2)n1. The fraction of sp³-hybridized carbons (Fsp3) is 0.300. The van der Waals surface area contributed by atoms with E-state index in [1.54, 1.807) is 52.1 Å². The molecule has 0 saturated carbocycles. The Labute approximate surface area is 431 Å². The van der Waals surface area contributed by atoms with E-state index in [4.69, 9.17) is 42.8 Å². The summed E-state index contributed by atoms with van der Waals surface area (Å²) in [5.74, 6) is 3.45. The number of halogens is 1. The molecular weight excluding hydrogens is 1010 g/mol. The predicted molar refractivity (Wildman–Crippen MR) is 281 cm³/mol. The van der Waals surface area contributed by atoms with Crippen LogP contribution in [0.25, 0.3) is 0 Å². The summed E-state index contributed by atoms with van der Waals surface area (Å²) in [4.78, 5) is 58.0. The summed E-state index contributed by atoms with van der Waals surface area (Å²) >= 11 is 13.3. The molecule has 0 bridgehead atoms. The number of nitrogens with zero attached hydrogens (tertiary/aromatic N) is 5. The van der Waals surface area contributed by atoms with Crippen molar-refractivity contribution in [2.75, 3.05) is 73.0 Å². The molecule has 6 aromatic rings. The molecule has 3 aliphatic heterocycles. The molecular formula is C50H48ClN7O9S4. The normalized spacial score (nSPS) is 14.5. The summed E-state index contributed by atoms with van der Waals surface area (Å²) in [6, 6.07) is 22.2. The molecule has 1 saturated heterocycles. The maximum atomic E-state index is 13.5. The van der Waals surface area contributed by atoms with Crippen molar-refractivity contribution in [3.63, 3.8) is 0 Å². The number of anilines is 4. The summed E-state index contributed by atoms with van der Waals surface area (Å²) in [5, 5.41) is 28.0. The summed E-state index contributed by atoms with van der Waals surface area (Å²) in [6.07, 6.45) is 2.53. The number of hydrogen-bond donors (Lipinski definition) is 4. The van der Waals surface area contributed by atoms with E-state index < -0.39 is 17.7 Å². The molecule has 5 heterocycles. The van der Waals surface area contributed by atoms with E-state index in [9.17, 15) is 24.6 Å². The lowest BCUT2D eigenvalue weighted by Gasteiger charge is -2.36. The number of ether oxygens (including phenoxy) is 4. The molecule has 1 fully saturated rings. The third-order valence-electron chi connectivity index (χ3n) is 12.0. The Bertz CT molecular complexity index is 2930. The van der Waals surface area contributed by atoms with Crippen molar-refractivity contribution in [1.29, 1.82) is 0 Å². The van der Waals surface area contributed by atoms with Gasteiger partial charge < -0.3 is 44.7 Å². The molecule has 21 heteroatoms. The second kappa shape index (κ2) is 22.1. The number of rotatable bonds is 18. The zero-order valence-corrected chi connectivity index (χ0v) is 42.6.